The number of sulfonamides is 1. The van der Waals surface area contributed by atoms with E-state index in [0.717, 1.165) is 22.8 Å². The number of amides is 1. The standard InChI is InChI=1S/C24H28N2O5S/c1-4-23(31-21-13-10-20(11-14-21)26(2)32(3,28)29)24(27)25-15-16-30-22-12-9-18-7-5-6-8-19(18)17-22/h5-14,17,23H,4,15-16H2,1-3H3,(H,25,27)/t23-/m0/s1. The second kappa shape index (κ2) is 10.4. The molecule has 3 rings (SSSR count). The van der Waals surface area contributed by atoms with Crippen LogP contribution in [0.5, 0.6) is 11.5 Å². The van der Waals surface area contributed by atoms with Gasteiger partial charge in [0.2, 0.25) is 10.0 Å². The molecule has 8 heteroatoms. The van der Waals surface area contributed by atoms with Crippen LogP contribution < -0.4 is 19.1 Å². The van der Waals surface area contributed by atoms with Crippen molar-refractivity contribution in [2.45, 2.75) is 19.4 Å². The summed E-state index contributed by atoms with van der Waals surface area (Å²) in [5.74, 6) is 1.01. The van der Waals surface area contributed by atoms with E-state index in [1.807, 2.05) is 49.4 Å². The number of hydrogen-bond acceptors (Lipinski definition) is 5. The molecular weight excluding hydrogens is 428 g/mol. The summed E-state index contributed by atoms with van der Waals surface area (Å²) < 4.78 is 36.0. The number of rotatable bonds is 10. The maximum atomic E-state index is 12.5. The van der Waals surface area contributed by atoms with E-state index < -0.39 is 16.1 Å². The highest BCUT2D eigenvalue weighted by molar-refractivity contribution is 7.92. The average molecular weight is 457 g/mol. The van der Waals surface area contributed by atoms with Crippen molar-refractivity contribution in [1.82, 2.24) is 5.32 Å². The molecule has 3 aromatic carbocycles. The fourth-order valence-electron chi connectivity index (χ4n) is 3.13. The summed E-state index contributed by atoms with van der Waals surface area (Å²) in [6.45, 7) is 2.55. The minimum Gasteiger partial charge on any atom is -0.492 e. The minimum atomic E-state index is -3.34. The second-order valence-corrected chi connectivity index (χ2v) is 9.40. The molecule has 0 aliphatic heterocycles. The van der Waals surface area contributed by atoms with Gasteiger partial charge in [0.15, 0.2) is 6.10 Å². The van der Waals surface area contributed by atoms with Crippen molar-refractivity contribution in [3.05, 3.63) is 66.7 Å². The molecule has 0 heterocycles. The SMILES string of the molecule is CC[C@H](Oc1ccc(N(C)S(C)(=O)=O)cc1)C(=O)NCCOc1ccc2ccccc2c1. The lowest BCUT2D eigenvalue weighted by Gasteiger charge is -2.19. The maximum Gasteiger partial charge on any atom is 0.261 e. The summed E-state index contributed by atoms with van der Waals surface area (Å²) in [6, 6.07) is 20.5. The Labute approximate surface area is 189 Å². The van der Waals surface area contributed by atoms with Crippen LogP contribution >= 0.6 is 0 Å². The van der Waals surface area contributed by atoms with E-state index in [-0.39, 0.29) is 5.91 Å². The van der Waals surface area contributed by atoms with Gasteiger partial charge >= 0.3 is 0 Å². The zero-order valence-electron chi connectivity index (χ0n) is 18.4. The fraction of sp³-hybridized carbons (Fsp3) is 0.292. The second-order valence-electron chi connectivity index (χ2n) is 7.39. The Kier molecular flexibility index (Phi) is 7.58. The van der Waals surface area contributed by atoms with E-state index in [1.165, 1.54) is 11.4 Å². The molecule has 1 amide bonds. The molecule has 0 bridgehead atoms. The molecule has 0 fully saturated rings. The number of fused-ring (bicyclic) bond motifs is 1. The van der Waals surface area contributed by atoms with Crippen LogP contribution in [0.2, 0.25) is 0 Å². The number of ether oxygens (including phenoxy) is 2. The summed E-state index contributed by atoms with van der Waals surface area (Å²) in [5.41, 5.74) is 0.517. The molecule has 32 heavy (non-hydrogen) atoms. The van der Waals surface area contributed by atoms with Gasteiger partial charge in [-0.2, -0.15) is 0 Å². The smallest absolute Gasteiger partial charge is 0.261 e. The van der Waals surface area contributed by atoms with E-state index in [0.29, 0.717) is 31.0 Å². The van der Waals surface area contributed by atoms with Gasteiger partial charge in [0.1, 0.15) is 18.1 Å². The molecule has 3 aromatic rings. The molecule has 0 saturated heterocycles. The highest BCUT2D eigenvalue weighted by Gasteiger charge is 2.18. The molecule has 0 radical (unpaired) electrons. The monoisotopic (exact) mass is 456 g/mol. The van der Waals surface area contributed by atoms with Gasteiger partial charge in [0.05, 0.1) is 18.5 Å². The van der Waals surface area contributed by atoms with Gasteiger partial charge in [0, 0.05) is 7.05 Å². The number of carbonyl (C=O) groups excluding carboxylic acids is 1. The van der Waals surface area contributed by atoms with E-state index in [9.17, 15) is 13.2 Å². The topological polar surface area (TPSA) is 84.9 Å². The number of nitrogens with zero attached hydrogens (tertiary/aromatic N) is 1. The van der Waals surface area contributed by atoms with Gasteiger partial charge in [-0.1, -0.05) is 37.3 Å². The first-order valence-electron chi connectivity index (χ1n) is 10.4. The van der Waals surface area contributed by atoms with Gasteiger partial charge in [-0.05, 0) is 53.6 Å². The van der Waals surface area contributed by atoms with Crippen LogP contribution in [0.1, 0.15) is 13.3 Å². The van der Waals surface area contributed by atoms with Crippen molar-refractivity contribution in [2.24, 2.45) is 0 Å². The molecule has 7 nitrogen and oxygen atoms in total. The van der Waals surface area contributed by atoms with Crippen molar-refractivity contribution in [2.75, 3.05) is 30.8 Å². The van der Waals surface area contributed by atoms with Crippen LogP contribution in [0, 0.1) is 0 Å². The van der Waals surface area contributed by atoms with Crippen molar-refractivity contribution in [3.63, 3.8) is 0 Å². The molecule has 170 valence electrons. The first-order valence-corrected chi connectivity index (χ1v) is 12.2. The lowest BCUT2D eigenvalue weighted by molar-refractivity contribution is -0.128. The van der Waals surface area contributed by atoms with E-state index in [2.05, 4.69) is 5.32 Å². The zero-order chi connectivity index (χ0) is 23.1. The highest BCUT2D eigenvalue weighted by Crippen LogP contribution is 2.22. The third kappa shape index (κ3) is 6.13. The lowest BCUT2D eigenvalue weighted by atomic mass is 10.1. The van der Waals surface area contributed by atoms with Crippen molar-refractivity contribution in [3.8, 4) is 11.5 Å². The van der Waals surface area contributed by atoms with Crippen molar-refractivity contribution >= 4 is 32.4 Å². The van der Waals surface area contributed by atoms with Crippen molar-refractivity contribution in [1.29, 1.82) is 0 Å². The molecule has 1 atom stereocenters. The van der Waals surface area contributed by atoms with Crippen LogP contribution in [0.15, 0.2) is 66.7 Å². The highest BCUT2D eigenvalue weighted by atomic mass is 32.2. The van der Waals surface area contributed by atoms with E-state index in [4.69, 9.17) is 9.47 Å². The summed E-state index contributed by atoms with van der Waals surface area (Å²) in [5, 5.41) is 5.08. The summed E-state index contributed by atoms with van der Waals surface area (Å²) in [6.07, 6.45) is 0.968. The normalized spacial score (nSPS) is 12.2. The Morgan fingerprint density at radius 3 is 2.31 bits per heavy atom. The largest absolute Gasteiger partial charge is 0.492 e. The van der Waals surface area contributed by atoms with Gasteiger partial charge in [0.25, 0.3) is 5.91 Å². The molecule has 0 aromatic heterocycles. The Hall–Kier alpha value is -3.26. The predicted octanol–water partition coefficient (Wildman–Crippen LogP) is 3.59. The third-order valence-electron chi connectivity index (χ3n) is 5.03. The van der Waals surface area contributed by atoms with Gasteiger partial charge in [-0.25, -0.2) is 8.42 Å². The predicted molar refractivity (Wildman–Crippen MR) is 127 cm³/mol. The van der Waals surface area contributed by atoms with Crippen LogP contribution in [0.3, 0.4) is 0 Å². The Morgan fingerprint density at radius 1 is 1.00 bits per heavy atom. The van der Waals surface area contributed by atoms with Gasteiger partial charge in [-0.15, -0.1) is 0 Å². The molecule has 0 spiro atoms. The van der Waals surface area contributed by atoms with Crippen LogP contribution in [-0.4, -0.2) is 46.9 Å². The Balaban J connectivity index is 1.48. The summed E-state index contributed by atoms with van der Waals surface area (Å²) in [7, 11) is -1.86. The number of benzene rings is 3. The Morgan fingerprint density at radius 2 is 1.66 bits per heavy atom. The molecule has 0 saturated carbocycles. The van der Waals surface area contributed by atoms with Crippen molar-refractivity contribution < 1.29 is 22.7 Å². The molecular formula is C24H28N2O5S. The first kappa shape index (κ1) is 23.4. The lowest BCUT2D eigenvalue weighted by Crippen LogP contribution is -2.39. The summed E-state index contributed by atoms with van der Waals surface area (Å²) >= 11 is 0. The number of nitrogens with one attached hydrogen (secondary N) is 1. The maximum absolute atomic E-state index is 12.5. The number of hydrogen-bond donors (Lipinski definition) is 1. The number of anilines is 1. The quantitative estimate of drug-likeness (QED) is 0.471. The number of carbonyl (C=O) groups is 1. The molecule has 1 N–H and O–H groups in total. The van der Waals surface area contributed by atoms with Gasteiger partial charge in [-0.3, -0.25) is 9.10 Å². The van der Waals surface area contributed by atoms with E-state index in [1.54, 1.807) is 24.3 Å². The fourth-order valence-corrected chi connectivity index (χ4v) is 3.63. The van der Waals surface area contributed by atoms with E-state index >= 15 is 0 Å². The third-order valence-corrected chi connectivity index (χ3v) is 6.24. The molecule has 0 unspecified atom stereocenters. The molecule has 0 aliphatic rings. The van der Waals surface area contributed by atoms with Crippen LogP contribution in [0.25, 0.3) is 10.8 Å². The first-order chi connectivity index (χ1) is 15.3. The zero-order valence-corrected chi connectivity index (χ0v) is 19.3. The average Bonchev–Trinajstić information content (AvgIpc) is 2.79. The van der Waals surface area contributed by atoms with Crippen LogP contribution in [-0.2, 0) is 14.8 Å². The molecule has 0 aliphatic carbocycles. The summed E-state index contributed by atoms with van der Waals surface area (Å²) in [4.78, 5) is 12.5. The van der Waals surface area contributed by atoms with Gasteiger partial charge < -0.3 is 14.8 Å². The Bertz CT molecular complexity index is 1160. The minimum absolute atomic E-state index is 0.230. The van der Waals surface area contributed by atoms with Crippen LogP contribution in [0.4, 0.5) is 5.69 Å².